The van der Waals surface area contributed by atoms with E-state index in [1.807, 2.05) is 25.2 Å². The van der Waals surface area contributed by atoms with E-state index >= 15 is 0 Å². The number of nitrogens with zero attached hydrogens (tertiary/aromatic N) is 3. The van der Waals surface area contributed by atoms with Crippen molar-refractivity contribution in [3.05, 3.63) is 72.6 Å². The zero-order chi connectivity index (χ0) is 23.2. The summed E-state index contributed by atoms with van der Waals surface area (Å²) in [5, 5.41) is 15.5. The van der Waals surface area contributed by atoms with Gasteiger partial charge in [0.25, 0.3) is 5.91 Å². The molecule has 2 aromatic heterocycles. The van der Waals surface area contributed by atoms with Gasteiger partial charge in [-0.1, -0.05) is 18.2 Å². The molecule has 9 heteroatoms. The molecule has 2 aromatic carbocycles. The lowest BCUT2D eigenvalue weighted by Gasteiger charge is -2.08. The fourth-order valence-corrected chi connectivity index (χ4v) is 3.56. The van der Waals surface area contributed by atoms with Gasteiger partial charge in [-0.2, -0.15) is 0 Å². The Morgan fingerprint density at radius 2 is 1.85 bits per heavy atom. The van der Waals surface area contributed by atoms with E-state index in [1.54, 1.807) is 35.9 Å². The summed E-state index contributed by atoms with van der Waals surface area (Å²) in [5.74, 6) is -0.258. The van der Waals surface area contributed by atoms with Crippen LogP contribution in [-0.2, 0) is 11.8 Å². The lowest BCUT2D eigenvalue weighted by atomic mass is 10.1. The molecule has 0 aliphatic heterocycles. The third-order valence-electron chi connectivity index (χ3n) is 5.22. The summed E-state index contributed by atoms with van der Waals surface area (Å²) < 4.78 is 2.07. The van der Waals surface area contributed by atoms with Crippen molar-refractivity contribution in [1.82, 2.24) is 25.3 Å². The molecule has 9 nitrogen and oxygen atoms in total. The first-order chi connectivity index (χ1) is 16.0. The van der Waals surface area contributed by atoms with Crippen LogP contribution in [0.1, 0.15) is 23.2 Å². The molecule has 0 radical (unpaired) electrons. The highest BCUT2D eigenvalue weighted by Gasteiger charge is 2.11. The second-order valence-corrected chi connectivity index (χ2v) is 7.53. The van der Waals surface area contributed by atoms with E-state index in [0.29, 0.717) is 24.5 Å². The Labute approximate surface area is 190 Å². The Bertz CT molecular complexity index is 1280. The molecule has 4 rings (SSSR count). The number of hydroxylamine groups is 1. The first-order valence-corrected chi connectivity index (χ1v) is 10.5. The van der Waals surface area contributed by atoms with Gasteiger partial charge in [0.15, 0.2) is 0 Å². The van der Waals surface area contributed by atoms with E-state index in [2.05, 4.69) is 43.5 Å². The van der Waals surface area contributed by atoms with Gasteiger partial charge < -0.3 is 15.2 Å². The third kappa shape index (κ3) is 5.16. The third-order valence-corrected chi connectivity index (χ3v) is 5.22. The van der Waals surface area contributed by atoms with E-state index in [4.69, 9.17) is 5.21 Å². The Kier molecular flexibility index (Phi) is 6.61. The van der Waals surface area contributed by atoms with E-state index in [1.165, 1.54) is 0 Å². The smallest absolute Gasteiger partial charge is 0.251 e. The van der Waals surface area contributed by atoms with Crippen LogP contribution >= 0.6 is 0 Å². The maximum absolute atomic E-state index is 12.2. The number of aryl methyl sites for hydroxylation is 1. The van der Waals surface area contributed by atoms with Crippen molar-refractivity contribution in [2.75, 3.05) is 11.9 Å². The number of benzene rings is 2. The summed E-state index contributed by atoms with van der Waals surface area (Å²) in [6.45, 7) is 0.334. The zero-order valence-corrected chi connectivity index (χ0v) is 18.1. The van der Waals surface area contributed by atoms with Crippen LogP contribution in [-0.4, -0.2) is 38.1 Å². The highest BCUT2D eigenvalue weighted by Crippen LogP contribution is 2.29. The van der Waals surface area contributed by atoms with E-state index in [-0.39, 0.29) is 12.3 Å². The summed E-state index contributed by atoms with van der Waals surface area (Å²) >= 11 is 0. The number of nitrogens with one attached hydrogen (secondary N) is 3. The number of anilines is 2. The molecule has 0 aliphatic carbocycles. The minimum absolute atomic E-state index is 0.136. The lowest BCUT2D eigenvalue weighted by molar-refractivity contribution is -0.129. The quantitative estimate of drug-likeness (QED) is 0.188. The van der Waals surface area contributed by atoms with Crippen molar-refractivity contribution in [2.45, 2.75) is 12.8 Å². The fraction of sp³-hybridized carbons (Fsp3) is 0.167. The van der Waals surface area contributed by atoms with Gasteiger partial charge in [-0.25, -0.2) is 15.4 Å². The van der Waals surface area contributed by atoms with Crippen molar-refractivity contribution >= 4 is 34.4 Å². The predicted octanol–water partition coefficient (Wildman–Crippen LogP) is 3.39. The Hall–Kier alpha value is -4.24. The largest absolute Gasteiger partial charge is 0.352 e. The molecule has 33 heavy (non-hydrogen) atoms. The molecule has 168 valence electrons. The number of aromatic nitrogens is 3. The minimum Gasteiger partial charge on any atom is -0.352 e. The molecule has 0 bridgehead atoms. The first-order valence-electron chi connectivity index (χ1n) is 10.5. The number of carbonyl (C=O) groups is 2. The predicted molar refractivity (Wildman–Crippen MR) is 125 cm³/mol. The van der Waals surface area contributed by atoms with Crippen LogP contribution in [0.3, 0.4) is 0 Å². The highest BCUT2D eigenvalue weighted by atomic mass is 16.5. The average molecular weight is 444 g/mol. The second kappa shape index (κ2) is 9.92. The molecule has 0 saturated carbocycles. The van der Waals surface area contributed by atoms with Gasteiger partial charge in [-0.3, -0.25) is 14.8 Å². The number of rotatable bonds is 8. The fourth-order valence-electron chi connectivity index (χ4n) is 3.56. The first kappa shape index (κ1) is 22.0. The summed E-state index contributed by atoms with van der Waals surface area (Å²) in [6, 6.07) is 17.0. The molecular weight excluding hydrogens is 420 g/mol. The standard InChI is InChI=1S/C24H24N6O3/c1-30-15-19(18-5-2-3-6-21(18)30)20-12-14-26-24(28-20)27-17-10-8-16(9-11-17)23(32)25-13-4-7-22(31)29-33/h2-3,5-6,8-12,14-15,33H,4,7,13H2,1H3,(H,25,32)(H,29,31)(H,26,27,28). The maximum Gasteiger partial charge on any atom is 0.251 e. The monoisotopic (exact) mass is 444 g/mol. The molecule has 4 N–H and O–H groups in total. The Morgan fingerprint density at radius 1 is 1.06 bits per heavy atom. The Balaban J connectivity index is 1.41. The second-order valence-electron chi connectivity index (χ2n) is 7.53. The number of fused-ring (bicyclic) bond motifs is 1. The van der Waals surface area contributed by atoms with E-state index < -0.39 is 5.91 Å². The topological polar surface area (TPSA) is 121 Å². The van der Waals surface area contributed by atoms with Crippen molar-refractivity contribution in [2.24, 2.45) is 7.05 Å². The van der Waals surface area contributed by atoms with Gasteiger partial charge in [0.1, 0.15) is 0 Å². The molecule has 2 amide bonds. The number of para-hydroxylation sites is 1. The number of hydrogen-bond donors (Lipinski definition) is 4. The molecule has 0 saturated heterocycles. The lowest BCUT2D eigenvalue weighted by Crippen LogP contribution is -2.26. The van der Waals surface area contributed by atoms with Crippen molar-refractivity contribution in [3.63, 3.8) is 0 Å². The van der Waals surface area contributed by atoms with Crippen LogP contribution in [0.25, 0.3) is 22.2 Å². The normalized spacial score (nSPS) is 10.7. The molecular formula is C24H24N6O3. The molecule has 4 aromatic rings. The zero-order valence-electron chi connectivity index (χ0n) is 18.1. The van der Waals surface area contributed by atoms with Crippen LogP contribution in [0.2, 0.25) is 0 Å². The number of hydrogen-bond acceptors (Lipinski definition) is 6. The van der Waals surface area contributed by atoms with Crippen LogP contribution in [0.15, 0.2) is 67.0 Å². The van der Waals surface area contributed by atoms with Gasteiger partial charge in [0, 0.05) is 60.1 Å². The summed E-state index contributed by atoms with van der Waals surface area (Å²) in [5.41, 5.74) is 5.79. The van der Waals surface area contributed by atoms with E-state index in [9.17, 15) is 9.59 Å². The SMILES string of the molecule is Cn1cc(-c2ccnc(Nc3ccc(C(=O)NCCCC(=O)NO)cc3)n2)c2ccccc21. The maximum atomic E-state index is 12.2. The van der Waals surface area contributed by atoms with Gasteiger partial charge in [-0.15, -0.1) is 0 Å². The molecule has 0 unspecified atom stereocenters. The molecule has 0 atom stereocenters. The van der Waals surface area contributed by atoms with Crippen molar-refractivity contribution < 1.29 is 14.8 Å². The molecule has 0 fully saturated rings. The summed E-state index contributed by atoms with van der Waals surface area (Å²) in [4.78, 5) is 32.2. The van der Waals surface area contributed by atoms with Gasteiger partial charge >= 0.3 is 0 Å². The minimum atomic E-state index is -0.480. The number of amides is 2. The Morgan fingerprint density at radius 3 is 2.64 bits per heavy atom. The van der Waals surface area contributed by atoms with Gasteiger partial charge in [-0.05, 0) is 42.8 Å². The summed E-state index contributed by atoms with van der Waals surface area (Å²) in [7, 11) is 2.01. The average Bonchev–Trinajstić information content (AvgIpc) is 3.19. The van der Waals surface area contributed by atoms with Crippen molar-refractivity contribution in [3.8, 4) is 11.3 Å². The molecule has 0 aliphatic rings. The van der Waals surface area contributed by atoms with Crippen LogP contribution < -0.4 is 16.1 Å². The van der Waals surface area contributed by atoms with Crippen LogP contribution in [0, 0.1) is 0 Å². The molecule has 2 heterocycles. The number of carbonyl (C=O) groups excluding carboxylic acids is 2. The van der Waals surface area contributed by atoms with Crippen LogP contribution in [0.5, 0.6) is 0 Å². The molecule has 0 spiro atoms. The van der Waals surface area contributed by atoms with Gasteiger partial charge in [0.05, 0.1) is 5.69 Å². The van der Waals surface area contributed by atoms with E-state index in [0.717, 1.165) is 27.8 Å². The van der Waals surface area contributed by atoms with Gasteiger partial charge in [0.2, 0.25) is 11.9 Å². The summed E-state index contributed by atoms with van der Waals surface area (Å²) in [6.07, 6.45) is 4.34. The van der Waals surface area contributed by atoms with Crippen molar-refractivity contribution in [1.29, 1.82) is 0 Å². The van der Waals surface area contributed by atoms with Crippen LogP contribution in [0.4, 0.5) is 11.6 Å². The highest BCUT2D eigenvalue weighted by molar-refractivity contribution is 5.95.